The van der Waals surface area contributed by atoms with Crippen molar-refractivity contribution in [3.63, 3.8) is 0 Å². The summed E-state index contributed by atoms with van der Waals surface area (Å²) in [6.07, 6.45) is 6.11. The monoisotopic (exact) mass is 232 g/mol. The lowest BCUT2D eigenvalue weighted by atomic mass is 9.96. The van der Waals surface area contributed by atoms with Gasteiger partial charge < -0.3 is 9.97 Å². The van der Waals surface area contributed by atoms with Crippen molar-refractivity contribution in [1.29, 1.82) is 0 Å². The molecule has 2 nitrogen and oxygen atoms in total. The zero-order chi connectivity index (χ0) is 11.9. The fourth-order valence-electron chi connectivity index (χ4n) is 2.64. The van der Waals surface area contributed by atoms with Crippen LogP contribution in [0.3, 0.4) is 0 Å². The molecule has 2 heterocycles. The van der Waals surface area contributed by atoms with Crippen LogP contribution in [0.2, 0.25) is 0 Å². The van der Waals surface area contributed by atoms with E-state index in [0.29, 0.717) is 0 Å². The molecule has 18 heavy (non-hydrogen) atoms. The molecule has 4 aliphatic rings. The van der Waals surface area contributed by atoms with Gasteiger partial charge in [-0.1, -0.05) is 30.3 Å². The summed E-state index contributed by atoms with van der Waals surface area (Å²) in [5.41, 5.74) is 7.50. The highest BCUT2D eigenvalue weighted by Crippen LogP contribution is 2.38. The Bertz CT molecular complexity index is 682. The Morgan fingerprint density at radius 1 is 0.667 bits per heavy atom. The van der Waals surface area contributed by atoms with Crippen molar-refractivity contribution >= 4 is 0 Å². The number of aromatic nitrogens is 2. The number of pyridine rings is 2. The normalized spacial score (nSPS) is 11.3. The van der Waals surface area contributed by atoms with Gasteiger partial charge >= 0.3 is 0 Å². The summed E-state index contributed by atoms with van der Waals surface area (Å²) in [6.45, 7) is 0. The number of rotatable bonds is 1. The maximum Gasteiger partial charge on any atom is 0.0459 e. The number of aromatic amines is 2. The topological polar surface area (TPSA) is 31.6 Å². The van der Waals surface area contributed by atoms with Gasteiger partial charge in [0.2, 0.25) is 0 Å². The summed E-state index contributed by atoms with van der Waals surface area (Å²) < 4.78 is 0. The average Bonchev–Trinajstić information content (AvgIpc) is 3.06. The molecule has 0 unspecified atom stereocenters. The van der Waals surface area contributed by atoms with Crippen LogP contribution in [0.25, 0.3) is 33.5 Å². The van der Waals surface area contributed by atoms with Crippen LogP contribution in [0, 0.1) is 0 Å². The lowest BCUT2D eigenvalue weighted by Crippen LogP contribution is -1.90. The van der Waals surface area contributed by atoms with E-state index in [0.717, 1.165) is 0 Å². The molecule has 0 saturated carbocycles. The smallest absolute Gasteiger partial charge is 0.0459 e. The summed E-state index contributed by atoms with van der Waals surface area (Å²) in [5, 5.41) is 0. The Labute approximate surface area is 105 Å². The summed E-state index contributed by atoms with van der Waals surface area (Å²) in [5.74, 6) is 0. The Kier molecular flexibility index (Phi) is 1.86. The van der Waals surface area contributed by atoms with Gasteiger partial charge in [0.05, 0.1) is 0 Å². The van der Waals surface area contributed by atoms with Crippen LogP contribution in [-0.4, -0.2) is 9.97 Å². The molecule has 0 bridgehead atoms. The van der Waals surface area contributed by atoms with E-state index < -0.39 is 0 Å². The van der Waals surface area contributed by atoms with Gasteiger partial charge in [-0.3, -0.25) is 0 Å². The number of hydrogen-bond acceptors (Lipinski definition) is 0. The predicted molar refractivity (Wildman–Crippen MR) is 73.8 cm³/mol. The Hall–Kier alpha value is -2.48. The number of fused-ring (bicyclic) bond motifs is 2. The Balaban J connectivity index is 2.04. The summed E-state index contributed by atoms with van der Waals surface area (Å²) in [4.78, 5) is 6.51. The number of H-pyrrole nitrogens is 2. The first-order chi connectivity index (χ1) is 8.93. The summed E-state index contributed by atoms with van der Waals surface area (Å²) in [7, 11) is 0. The minimum Gasteiger partial charge on any atom is -0.366 e. The molecular formula is C16H12N2. The molecule has 0 aromatic carbocycles. The molecule has 86 valence electrons. The highest BCUT2D eigenvalue weighted by molar-refractivity contribution is 5.91. The van der Waals surface area contributed by atoms with E-state index in [1.165, 1.54) is 33.5 Å². The highest BCUT2D eigenvalue weighted by atomic mass is 14.7. The molecule has 4 rings (SSSR count). The second-order valence-corrected chi connectivity index (χ2v) is 4.51. The van der Waals surface area contributed by atoms with Crippen molar-refractivity contribution in [3.05, 3.63) is 61.1 Å². The van der Waals surface area contributed by atoms with E-state index in [1.807, 2.05) is 12.4 Å². The molecule has 0 aromatic rings. The van der Waals surface area contributed by atoms with Gasteiger partial charge in [-0.25, -0.2) is 0 Å². The predicted octanol–water partition coefficient (Wildman–Crippen LogP) is 4.22. The zero-order valence-electron chi connectivity index (χ0n) is 9.77. The van der Waals surface area contributed by atoms with Crippen molar-refractivity contribution in [3.8, 4) is 33.5 Å². The molecule has 0 amide bonds. The van der Waals surface area contributed by atoms with E-state index in [-0.39, 0.29) is 0 Å². The molecule has 0 fully saturated rings. The first-order valence-electron chi connectivity index (χ1n) is 6.05. The van der Waals surface area contributed by atoms with Crippen LogP contribution in [0.1, 0.15) is 0 Å². The highest BCUT2D eigenvalue weighted by Gasteiger charge is 2.14. The molecule has 2 heteroatoms. The van der Waals surface area contributed by atoms with E-state index in [2.05, 4.69) is 58.6 Å². The van der Waals surface area contributed by atoms with Crippen LogP contribution < -0.4 is 0 Å². The maximum atomic E-state index is 3.27. The third-order valence-electron chi connectivity index (χ3n) is 3.49. The number of hydrogen-bond donors (Lipinski definition) is 2. The van der Waals surface area contributed by atoms with Crippen LogP contribution in [0.4, 0.5) is 0 Å². The minimum absolute atomic E-state index is 1.18. The first kappa shape index (κ1) is 9.54. The van der Waals surface area contributed by atoms with Crippen LogP contribution in [0.15, 0.2) is 61.1 Å². The summed E-state index contributed by atoms with van der Waals surface area (Å²) in [6, 6.07) is 14.9. The van der Waals surface area contributed by atoms with Crippen LogP contribution in [-0.2, 0) is 0 Å². The molecule has 2 aliphatic carbocycles. The fraction of sp³-hybridized carbons (Fsp3) is 0. The molecule has 2 aliphatic heterocycles. The Morgan fingerprint density at radius 2 is 1.56 bits per heavy atom. The standard InChI is InChI=1S/C16H12N2/c1-3-11-9-17-10-15(12(11)4-1)13-7-8-18-16-6-2-5-14(13)16/h1-10,17-18H. The Morgan fingerprint density at radius 3 is 2.56 bits per heavy atom. The molecule has 0 saturated heterocycles. The van der Waals surface area contributed by atoms with Crippen molar-refractivity contribution in [2.24, 2.45) is 0 Å². The van der Waals surface area contributed by atoms with Gasteiger partial charge in [-0.05, 0) is 28.8 Å². The van der Waals surface area contributed by atoms with Gasteiger partial charge in [0.25, 0.3) is 0 Å². The minimum atomic E-state index is 1.18. The van der Waals surface area contributed by atoms with Gasteiger partial charge in [0, 0.05) is 35.4 Å². The molecule has 2 N–H and O–H groups in total. The van der Waals surface area contributed by atoms with Gasteiger partial charge in [0.15, 0.2) is 0 Å². The fourth-order valence-corrected chi connectivity index (χ4v) is 2.64. The second-order valence-electron chi connectivity index (χ2n) is 4.51. The second kappa shape index (κ2) is 3.50. The van der Waals surface area contributed by atoms with E-state index in [4.69, 9.17) is 0 Å². The van der Waals surface area contributed by atoms with Crippen molar-refractivity contribution in [2.45, 2.75) is 0 Å². The van der Waals surface area contributed by atoms with Crippen LogP contribution >= 0.6 is 0 Å². The van der Waals surface area contributed by atoms with E-state index in [9.17, 15) is 0 Å². The lowest BCUT2D eigenvalue weighted by molar-refractivity contribution is 1.31. The largest absolute Gasteiger partial charge is 0.366 e. The molecular weight excluding hydrogens is 220 g/mol. The van der Waals surface area contributed by atoms with Gasteiger partial charge in [0.1, 0.15) is 0 Å². The first-order valence-corrected chi connectivity index (χ1v) is 6.05. The van der Waals surface area contributed by atoms with Gasteiger partial charge in [-0.2, -0.15) is 0 Å². The third-order valence-corrected chi connectivity index (χ3v) is 3.49. The van der Waals surface area contributed by atoms with Crippen molar-refractivity contribution in [2.75, 3.05) is 0 Å². The molecule has 0 aromatic heterocycles. The van der Waals surface area contributed by atoms with E-state index >= 15 is 0 Å². The maximum absolute atomic E-state index is 3.27. The van der Waals surface area contributed by atoms with E-state index in [1.54, 1.807) is 0 Å². The molecule has 0 atom stereocenters. The van der Waals surface area contributed by atoms with Gasteiger partial charge in [-0.15, -0.1) is 0 Å². The SMILES string of the molecule is c1cc2c[nH]cc(-c3cc[nH]c4cccc3-4)c-2c1. The zero-order valence-corrected chi connectivity index (χ0v) is 9.77. The number of nitrogens with one attached hydrogen (secondary N) is 2. The summed E-state index contributed by atoms with van der Waals surface area (Å²) >= 11 is 0. The third kappa shape index (κ3) is 1.23. The lowest BCUT2D eigenvalue weighted by Gasteiger charge is -2.12. The van der Waals surface area contributed by atoms with Crippen LogP contribution in [0.5, 0.6) is 0 Å². The molecule has 0 radical (unpaired) electrons. The average molecular weight is 232 g/mol. The van der Waals surface area contributed by atoms with Crippen molar-refractivity contribution < 1.29 is 0 Å². The van der Waals surface area contributed by atoms with Crippen molar-refractivity contribution in [1.82, 2.24) is 9.97 Å². The molecule has 0 spiro atoms. The quantitative estimate of drug-likeness (QED) is 0.492.